The average molecular weight is 363 g/mol. The van der Waals surface area contributed by atoms with Gasteiger partial charge in [-0.3, -0.25) is 10.1 Å². The van der Waals surface area contributed by atoms with Crippen LogP contribution in [0.1, 0.15) is 5.56 Å². The summed E-state index contributed by atoms with van der Waals surface area (Å²) in [6.45, 7) is 0.367. The topological polar surface area (TPSA) is 106 Å². The summed E-state index contributed by atoms with van der Waals surface area (Å²) in [4.78, 5) is 22.9. The minimum Gasteiger partial charge on any atom is -0.360 e. The molecule has 0 aliphatic heterocycles. The van der Waals surface area contributed by atoms with Crippen LogP contribution in [0.3, 0.4) is 0 Å². The van der Waals surface area contributed by atoms with E-state index < -0.39 is 4.92 Å². The summed E-state index contributed by atoms with van der Waals surface area (Å²) in [5.41, 5.74) is 0.684. The number of rotatable bonds is 6. The molecule has 0 amide bonds. The number of halogens is 1. The first kappa shape index (κ1) is 16.1. The Morgan fingerprint density at radius 1 is 1.17 bits per heavy atom. The third-order valence-electron chi connectivity index (χ3n) is 3.04. The van der Waals surface area contributed by atoms with Crippen molar-refractivity contribution in [3.63, 3.8) is 0 Å². The van der Waals surface area contributed by atoms with E-state index in [4.69, 9.17) is 11.6 Å². The van der Waals surface area contributed by atoms with Crippen LogP contribution in [0.4, 0.5) is 22.5 Å². The van der Waals surface area contributed by atoms with Crippen LogP contribution in [-0.2, 0) is 6.54 Å². The Hall–Kier alpha value is -2.78. The Morgan fingerprint density at radius 2 is 1.92 bits per heavy atom. The number of hydrogen-bond acceptors (Lipinski definition) is 8. The van der Waals surface area contributed by atoms with Crippen LogP contribution in [0.25, 0.3) is 0 Å². The van der Waals surface area contributed by atoms with Gasteiger partial charge in [0.05, 0.1) is 4.92 Å². The highest BCUT2D eigenvalue weighted by atomic mass is 35.5. The second kappa shape index (κ2) is 7.20. The fourth-order valence-electron chi connectivity index (χ4n) is 1.95. The molecule has 0 unspecified atom stereocenters. The molecule has 0 radical (unpaired) electrons. The van der Waals surface area contributed by atoms with Crippen molar-refractivity contribution >= 4 is 45.4 Å². The molecule has 0 saturated carbocycles. The molecule has 0 bridgehead atoms. The smallest absolute Gasteiger partial charge is 0.353 e. The van der Waals surface area contributed by atoms with Crippen LogP contribution >= 0.6 is 22.9 Å². The van der Waals surface area contributed by atoms with E-state index in [0.29, 0.717) is 16.7 Å². The van der Waals surface area contributed by atoms with Gasteiger partial charge >= 0.3 is 5.69 Å². The van der Waals surface area contributed by atoms with Crippen LogP contribution in [0.15, 0.2) is 42.2 Å². The van der Waals surface area contributed by atoms with Crippen LogP contribution in [0, 0.1) is 10.1 Å². The molecule has 8 nitrogen and oxygen atoms in total. The molecule has 0 aliphatic rings. The van der Waals surface area contributed by atoms with E-state index in [9.17, 15) is 10.1 Å². The maximum Gasteiger partial charge on any atom is 0.353 e. The summed E-state index contributed by atoms with van der Waals surface area (Å²) in [6, 6.07) is 7.17. The number of aromatic nitrogens is 3. The fourth-order valence-corrected chi connectivity index (χ4v) is 2.60. The van der Waals surface area contributed by atoms with Gasteiger partial charge in [0.25, 0.3) is 0 Å². The highest BCUT2D eigenvalue weighted by Crippen LogP contribution is 2.31. The molecule has 1 aromatic carbocycles. The molecule has 2 N–H and O–H groups in total. The molecule has 122 valence electrons. The quantitative estimate of drug-likeness (QED) is 0.506. The molecule has 0 fully saturated rings. The second-order valence-corrected chi connectivity index (χ2v) is 5.95. The van der Waals surface area contributed by atoms with Gasteiger partial charge in [0, 0.05) is 23.1 Å². The first-order valence-corrected chi connectivity index (χ1v) is 8.03. The van der Waals surface area contributed by atoms with Gasteiger partial charge < -0.3 is 10.6 Å². The molecule has 2 aromatic heterocycles. The predicted molar refractivity (Wildman–Crippen MR) is 92.9 cm³/mol. The molecular weight excluding hydrogens is 352 g/mol. The maximum absolute atomic E-state index is 11.4. The van der Waals surface area contributed by atoms with E-state index in [1.807, 2.05) is 12.1 Å². The lowest BCUT2D eigenvalue weighted by Gasteiger charge is -2.09. The predicted octanol–water partition coefficient (Wildman–Crippen LogP) is 3.85. The molecule has 0 atom stereocenters. The van der Waals surface area contributed by atoms with Crippen molar-refractivity contribution in [2.75, 3.05) is 10.6 Å². The summed E-state index contributed by atoms with van der Waals surface area (Å²) in [5, 5.41) is 20.1. The van der Waals surface area contributed by atoms with Crippen molar-refractivity contribution in [3.8, 4) is 0 Å². The number of hydrogen-bond donors (Lipinski definition) is 2. The Labute approximate surface area is 145 Å². The molecular formula is C14H11ClN6O2S. The number of nitrogens with one attached hydrogen (secondary N) is 2. The van der Waals surface area contributed by atoms with Crippen molar-refractivity contribution in [1.82, 2.24) is 15.0 Å². The summed E-state index contributed by atoms with van der Waals surface area (Å²) >= 11 is 7.16. The lowest BCUT2D eigenvalue weighted by molar-refractivity contribution is -0.383. The van der Waals surface area contributed by atoms with Gasteiger partial charge in [-0.1, -0.05) is 23.7 Å². The van der Waals surface area contributed by atoms with Gasteiger partial charge in [-0.15, -0.1) is 11.3 Å². The number of benzene rings is 1. The van der Waals surface area contributed by atoms with E-state index in [0.717, 1.165) is 5.56 Å². The van der Waals surface area contributed by atoms with Gasteiger partial charge in [-0.25, -0.2) is 15.0 Å². The van der Waals surface area contributed by atoms with Crippen molar-refractivity contribution in [3.05, 3.63) is 62.9 Å². The van der Waals surface area contributed by atoms with Crippen molar-refractivity contribution < 1.29 is 4.92 Å². The minimum absolute atomic E-state index is 0.0866. The summed E-state index contributed by atoms with van der Waals surface area (Å²) < 4.78 is 0. The first-order valence-electron chi connectivity index (χ1n) is 6.77. The van der Waals surface area contributed by atoms with E-state index >= 15 is 0 Å². The molecule has 0 aliphatic carbocycles. The highest BCUT2D eigenvalue weighted by molar-refractivity contribution is 7.13. The molecule has 24 heavy (non-hydrogen) atoms. The number of anilines is 3. The van der Waals surface area contributed by atoms with E-state index in [1.165, 1.54) is 17.7 Å². The van der Waals surface area contributed by atoms with Gasteiger partial charge in [-0.2, -0.15) is 0 Å². The third kappa shape index (κ3) is 3.76. The van der Waals surface area contributed by atoms with E-state index in [2.05, 4.69) is 25.6 Å². The second-order valence-electron chi connectivity index (χ2n) is 4.62. The molecule has 0 spiro atoms. The summed E-state index contributed by atoms with van der Waals surface area (Å²) in [7, 11) is 0. The van der Waals surface area contributed by atoms with Crippen molar-refractivity contribution in [2.45, 2.75) is 6.54 Å². The van der Waals surface area contributed by atoms with E-state index in [-0.39, 0.29) is 17.3 Å². The van der Waals surface area contributed by atoms with Crippen LogP contribution in [0.5, 0.6) is 0 Å². The monoisotopic (exact) mass is 362 g/mol. The highest BCUT2D eigenvalue weighted by Gasteiger charge is 2.23. The number of thiazole rings is 1. The zero-order chi connectivity index (χ0) is 16.9. The van der Waals surface area contributed by atoms with Crippen molar-refractivity contribution in [1.29, 1.82) is 0 Å². The SMILES string of the molecule is O=[N+]([O-])c1c(NCc2ccc(Cl)cc2)ncnc1Nc1nccs1. The maximum atomic E-state index is 11.4. The lowest BCUT2D eigenvalue weighted by atomic mass is 10.2. The number of nitrogens with zero attached hydrogens (tertiary/aromatic N) is 4. The zero-order valence-electron chi connectivity index (χ0n) is 12.1. The van der Waals surface area contributed by atoms with Crippen molar-refractivity contribution in [2.24, 2.45) is 0 Å². The van der Waals surface area contributed by atoms with Gasteiger partial charge in [0.2, 0.25) is 11.6 Å². The van der Waals surface area contributed by atoms with Crippen LogP contribution in [-0.4, -0.2) is 19.9 Å². The Morgan fingerprint density at radius 3 is 2.58 bits per heavy atom. The molecule has 10 heteroatoms. The van der Waals surface area contributed by atoms with Gasteiger partial charge in [0.15, 0.2) is 5.13 Å². The summed E-state index contributed by atoms with van der Waals surface area (Å²) in [5.74, 6) is 0.215. The third-order valence-corrected chi connectivity index (χ3v) is 3.98. The molecule has 0 saturated heterocycles. The zero-order valence-corrected chi connectivity index (χ0v) is 13.7. The molecule has 2 heterocycles. The van der Waals surface area contributed by atoms with Crippen LogP contribution < -0.4 is 10.6 Å². The largest absolute Gasteiger partial charge is 0.360 e. The fraction of sp³-hybridized carbons (Fsp3) is 0.0714. The first-order chi connectivity index (χ1) is 11.6. The molecule has 3 rings (SSSR count). The van der Waals surface area contributed by atoms with E-state index in [1.54, 1.807) is 23.7 Å². The molecule has 3 aromatic rings. The number of nitro groups is 1. The Kier molecular flexibility index (Phi) is 4.82. The minimum atomic E-state index is -0.528. The summed E-state index contributed by atoms with van der Waals surface area (Å²) in [6.07, 6.45) is 2.85. The Balaban J connectivity index is 1.84. The lowest BCUT2D eigenvalue weighted by Crippen LogP contribution is -2.08. The van der Waals surface area contributed by atoms with Crippen LogP contribution in [0.2, 0.25) is 5.02 Å². The van der Waals surface area contributed by atoms with Gasteiger partial charge in [-0.05, 0) is 17.7 Å². The standard InChI is InChI=1S/C14H11ClN6O2S/c15-10-3-1-9(2-4-10)7-17-12-11(21(22)23)13(19-8-18-12)20-14-16-5-6-24-14/h1-6,8H,7H2,(H2,16,17,18,19,20). The normalized spacial score (nSPS) is 10.4. The average Bonchev–Trinajstić information content (AvgIpc) is 3.07. The van der Waals surface area contributed by atoms with Gasteiger partial charge in [0.1, 0.15) is 6.33 Å². The Bertz CT molecular complexity index is 841.